The number of amides is 1. The second-order valence-electron chi connectivity index (χ2n) is 4.74. The maximum Gasteiger partial charge on any atom is 0.225 e. The molecule has 0 aliphatic rings. The van der Waals surface area contributed by atoms with E-state index in [1.807, 2.05) is 19.9 Å². The Morgan fingerprint density at radius 3 is 2.27 bits per heavy atom. The number of aryl methyl sites for hydroxylation is 2. The van der Waals surface area contributed by atoms with Gasteiger partial charge in [0, 0.05) is 39.3 Å². The highest BCUT2D eigenvalue weighted by molar-refractivity contribution is 7.99. The molecule has 1 heterocycles. The first-order chi connectivity index (χ1) is 10.4. The van der Waals surface area contributed by atoms with Crippen LogP contribution in [0.2, 0.25) is 10.0 Å². The molecule has 0 spiro atoms. The van der Waals surface area contributed by atoms with Crippen molar-refractivity contribution in [2.24, 2.45) is 0 Å². The number of hydrogen-bond acceptors (Lipinski definition) is 4. The molecule has 0 fully saturated rings. The Bertz CT molecular complexity index is 654. The number of nitrogens with zero attached hydrogens (tertiary/aromatic N) is 2. The number of carbonyl (C=O) groups excluding carboxylic acids is 1. The summed E-state index contributed by atoms with van der Waals surface area (Å²) in [5, 5.41) is 4.44. The van der Waals surface area contributed by atoms with Gasteiger partial charge in [-0.25, -0.2) is 9.97 Å². The van der Waals surface area contributed by atoms with Crippen molar-refractivity contribution in [2.45, 2.75) is 25.4 Å². The first-order valence-electron chi connectivity index (χ1n) is 6.63. The lowest BCUT2D eigenvalue weighted by atomic mass is 10.3. The summed E-state index contributed by atoms with van der Waals surface area (Å²) in [6, 6.07) is 6.85. The molecule has 1 aromatic carbocycles. The summed E-state index contributed by atoms with van der Waals surface area (Å²) < 4.78 is 0. The summed E-state index contributed by atoms with van der Waals surface area (Å²) in [6.07, 6.45) is 0.352. The van der Waals surface area contributed by atoms with Crippen molar-refractivity contribution < 1.29 is 4.79 Å². The van der Waals surface area contributed by atoms with Gasteiger partial charge in [0.05, 0.1) is 0 Å². The van der Waals surface area contributed by atoms with Crippen LogP contribution >= 0.6 is 35.0 Å². The van der Waals surface area contributed by atoms with Gasteiger partial charge in [0.2, 0.25) is 5.91 Å². The second kappa shape index (κ2) is 7.81. The molecular formula is C15H15Cl2N3OS. The van der Waals surface area contributed by atoms with E-state index in [0.29, 0.717) is 33.1 Å². The normalized spacial score (nSPS) is 10.5. The third-order valence-electron chi connectivity index (χ3n) is 2.67. The molecule has 0 radical (unpaired) electrons. The molecule has 0 bridgehead atoms. The molecule has 7 heteroatoms. The number of carbonyl (C=O) groups is 1. The zero-order valence-electron chi connectivity index (χ0n) is 12.2. The smallest absolute Gasteiger partial charge is 0.225 e. The van der Waals surface area contributed by atoms with Crippen molar-refractivity contribution in [2.75, 3.05) is 11.1 Å². The Kier molecular flexibility index (Phi) is 6.06. The van der Waals surface area contributed by atoms with Crippen molar-refractivity contribution in [3.63, 3.8) is 0 Å². The topological polar surface area (TPSA) is 54.9 Å². The molecule has 116 valence electrons. The number of benzene rings is 1. The average molecular weight is 356 g/mol. The van der Waals surface area contributed by atoms with Crippen LogP contribution in [-0.2, 0) is 4.79 Å². The minimum atomic E-state index is -0.102. The first-order valence-corrected chi connectivity index (χ1v) is 8.37. The van der Waals surface area contributed by atoms with Crippen molar-refractivity contribution in [1.29, 1.82) is 0 Å². The second-order valence-corrected chi connectivity index (χ2v) is 6.67. The molecule has 2 aromatic rings. The average Bonchev–Trinajstić information content (AvgIpc) is 2.35. The van der Waals surface area contributed by atoms with Crippen LogP contribution in [0.3, 0.4) is 0 Å². The monoisotopic (exact) mass is 355 g/mol. The number of thioether (sulfide) groups is 1. The van der Waals surface area contributed by atoms with E-state index in [-0.39, 0.29) is 5.91 Å². The van der Waals surface area contributed by atoms with E-state index in [0.717, 1.165) is 11.4 Å². The minimum absolute atomic E-state index is 0.102. The molecule has 4 nitrogen and oxygen atoms in total. The predicted molar refractivity (Wildman–Crippen MR) is 91.9 cm³/mol. The van der Waals surface area contributed by atoms with Gasteiger partial charge >= 0.3 is 0 Å². The van der Waals surface area contributed by atoms with Crippen molar-refractivity contribution >= 4 is 46.6 Å². The molecule has 22 heavy (non-hydrogen) atoms. The maximum atomic E-state index is 11.9. The number of hydrogen-bond donors (Lipinski definition) is 1. The van der Waals surface area contributed by atoms with E-state index >= 15 is 0 Å². The van der Waals surface area contributed by atoms with Gasteiger partial charge in [-0.1, -0.05) is 35.0 Å². The molecule has 0 aliphatic carbocycles. The van der Waals surface area contributed by atoms with Gasteiger partial charge in [0.15, 0.2) is 5.16 Å². The van der Waals surface area contributed by atoms with Crippen molar-refractivity contribution in [3.8, 4) is 0 Å². The highest BCUT2D eigenvalue weighted by atomic mass is 35.5. The van der Waals surface area contributed by atoms with Crippen LogP contribution in [0.4, 0.5) is 5.69 Å². The van der Waals surface area contributed by atoms with Gasteiger partial charge in [-0.15, -0.1) is 0 Å². The molecule has 1 aromatic heterocycles. The first kappa shape index (κ1) is 17.1. The summed E-state index contributed by atoms with van der Waals surface area (Å²) in [4.78, 5) is 20.6. The number of aromatic nitrogens is 2. The standard InChI is InChI=1S/C15H15Cl2N3OS/c1-9-5-10(2)19-15(18-9)22-4-3-14(21)20-13-7-11(16)6-12(17)8-13/h5-8H,3-4H2,1-2H3,(H,20,21). The van der Waals surface area contributed by atoms with E-state index in [4.69, 9.17) is 23.2 Å². The van der Waals surface area contributed by atoms with Crippen LogP contribution in [0.5, 0.6) is 0 Å². The van der Waals surface area contributed by atoms with Crippen LogP contribution < -0.4 is 5.32 Å². The van der Waals surface area contributed by atoms with E-state index in [2.05, 4.69) is 15.3 Å². The van der Waals surface area contributed by atoms with Crippen LogP contribution in [0.1, 0.15) is 17.8 Å². The zero-order valence-corrected chi connectivity index (χ0v) is 14.5. The Morgan fingerprint density at radius 2 is 1.68 bits per heavy atom. The fourth-order valence-corrected chi connectivity index (χ4v) is 3.26. The SMILES string of the molecule is Cc1cc(C)nc(SCCC(=O)Nc2cc(Cl)cc(Cl)c2)n1. The van der Waals surface area contributed by atoms with Gasteiger partial charge in [-0.3, -0.25) is 4.79 Å². The van der Waals surface area contributed by atoms with Crippen molar-refractivity contribution in [1.82, 2.24) is 9.97 Å². The Hall–Kier alpha value is -1.30. The van der Waals surface area contributed by atoms with E-state index in [9.17, 15) is 4.79 Å². The van der Waals surface area contributed by atoms with Crippen LogP contribution in [0, 0.1) is 13.8 Å². The number of rotatable bonds is 5. The quantitative estimate of drug-likeness (QED) is 0.632. The third kappa shape index (κ3) is 5.48. The fourth-order valence-electron chi connectivity index (χ4n) is 1.84. The lowest BCUT2D eigenvalue weighted by Gasteiger charge is -2.06. The number of nitrogens with one attached hydrogen (secondary N) is 1. The summed E-state index contributed by atoms with van der Waals surface area (Å²) in [7, 11) is 0. The fraction of sp³-hybridized carbons (Fsp3) is 0.267. The minimum Gasteiger partial charge on any atom is -0.326 e. The van der Waals surface area contributed by atoms with Gasteiger partial charge in [-0.2, -0.15) is 0 Å². The molecule has 2 rings (SSSR count). The van der Waals surface area contributed by atoms with Gasteiger partial charge in [0.1, 0.15) is 0 Å². The Balaban J connectivity index is 1.85. The lowest BCUT2D eigenvalue weighted by Crippen LogP contribution is -2.12. The summed E-state index contributed by atoms with van der Waals surface area (Å²) in [5.41, 5.74) is 2.44. The lowest BCUT2D eigenvalue weighted by molar-refractivity contribution is -0.115. The van der Waals surface area contributed by atoms with Crippen LogP contribution in [0.15, 0.2) is 29.4 Å². The Morgan fingerprint density at radius 1 is 1.09 bits per heavy atom. The van der Waals surface area contributed by atoms with Crippen molar-refractivity contribution in [3.05, 3.63) is 45.7 Å². The van der Waals surface area contributed by atoms with Gasteiger partial charge < -0.3 is 5.32 Å². The van der Waals surface area contributed by atoms with Crippen LogP contribution in [0.25, 0.3) is 0 Å². The molecule has 0 atom stereocenters. The predicted octanol–water partition coefficient (Wildman–Crippen LogP) is 4.52. The highest BCUT2D eigenvalue weighted by Gasteiger charge is 2.06. The molecule has 0 saturated carbocycles. The van der Waals surface area contributed by atoms with E-state index < -0.39 is 0 Å². The van der Waals surface area contributed by atoms with E-state index in [1.165, 1.54) is 11.8 Å². The largest absolute Gasteiger partial charge is 0.326 e. The summed E-state index contributed by atoms with van der Waals surface area (Å²) >= 11 is 13.2. The third-order valence-corrected chi connectivity index (χ3v) is 3.95. The molecule has 1 N–H and O–H groups in total. The number of anilines is 1. The molecule has 0 unspecified atom stereocenters. The Labute approximate surface area is 143 Å². The summed E-state index contributed by atoms with van der Waals surface area (Å²) in [5.74, 6) is 0.499. The van der Waals surface area contributed by atoms with E-state index in [1.54, 1.807) is 18.2 Å². The summed E-state index contributed by atoms with van der Waals surface area (Å²) in [6.45, 7) is 3.85. The highest BCUT2D eigenvalue weighted by Crippen LogP contribution is 2.23. The number of halogens is 2. The molecule has 1 amide bonds. The van der Waals surface area contributed by atoms with Gasteiger partial charge in [0.25, 0.3) is 0 Å². The zero-order chi connectivity index (χ0) is 16.1. The van der Waals surface area contributed by atoms with Gasteiger partial charge in [-0.05, 0) is 38.1 Å². The molecular weight excluding hydrogens is 341 g/mol. The van der Waals surface area contributed by atoms with Crippen LogP contribution in [-0.4, -0.2) is 21.6 Å². The molecule has 0 aliphatic heterocycles. The maximum absolute atomic E-state index is 11.9. The molecule has 0 saturated heterocycles.